The third kappa shape index (κ3) is 4.88. The fourth-order valence-electron chi connectivity index (χ4n) is 1.38. The number of nitrogens with one attached hydrogen (secondary N) is 1. The molecule has 0 unspecified atom stereocenters. The maximum atomic E-state index is 11.5. The van der Waals surface area contributed by atoms with E-state index < -0.39 is 0 Å². The minimum absolute atomic E-state index is 0.0330. The van der Waals surface area contributed by atoms with Crippen molar-refractivity contribution in [2.24, 2.45) is 5.73 Å². The van der Waals surface area contributed by atoms with Gasteiger partial charge in [0.05, 0.1) is 10.8 Å². The molecule has 0 aliphatic carbocycles. The van der Waals surface area contributed by atoms with Crippen LogP contribution >= 0.6 is 23.4 Å². The normalized spacial score (nSPS) is 12.2. The lowest BCUT2D eigenvalue weighted by atomic mass is 10.1. The Bertz CT molecular complexity index is 410. The molecule has 0 aliphatic rings. The zero-order chi connectivity index (χ0) is 13.5. The van der Waals surface area contributed by atoms with E-state index in [1.54, 1.807) is 0 Å². The number of carbonyl (C=O) groups is 1. The molecule has 0 aliphatic heterocycles. The number of thioether (sulfide) groups is 1. The molecule has 0 heterocycles. The van der Waals surface area contributed by atoms with Gasteiger partial charge in [0.25, 0.3) is 0 Å². The fourth-order valence-corrected chi connectivity index (χ4v) is 2.48. The highest BCUT2D eigenvalue weighted by atomic mass is 35.5. The number of rotatable bonds is 6. The summed E-state index contributed by atoms with van der Waals surface area (Å²) in [4.78, 5) is 12.4. The first-order valence-electron chi connectivity index (χ1n) is 5.99. The van der Waals surface area contributed by atoms with Gasteiger partial charge >= 0.3 is 0 Å². The molecule has 18 heavy (non-hydrogen) atoms. The van der Waals surface area contributed by atoms with Gasteiger partial charge in [-0.3, -0.25) is 4.79 Å². The van der Waals surface area contributed by atoms with Crippen molar-refractivity contribution >= 4 is 29.3 Å². The van der Waals surface area contributed by atoms with Crippen molar-refractivity contribution in [3.05, 3.63) is 28.8 Å². The Labute approximate surface area is 117 Å². The number of hydrogen-bond donors (Lipinski definition) is 2. The first kappa shape index (κ1) is 15.3. The Kier molecular flexibility index (Phi) is 6.54. The minimum Gasteiger partial charge on any atom is -0.355 e. The first-order valence-corrected chi connectivity index (χ1v) is 7.35. The van der Waals surface area contributed by atoms with Gasteiger partial charge in [-0.1, -0.05) is 24.6 Å². The molecular weight excluding hydrogens is 268 g/mol. The molecule has 3 N–H and O–H groups in total. The summed E-state index contributed by atoms with van der Waals surface area (Å²) < 4.78 is 0. The number of carbonyl (C=O) groups excluding carboxylic acids is 1. The summed E-state index contributed by atoms with van der Waals surface area (Å²) in [6.07, 6.45) is 0.945. The highest BCUT2D eigenvalue weighted by Gasteiger charge is 2.07. The zero-order valence-corrected chi connectivity index (χ0v) is 12.3. The number of nitrogens with two attached hydrogens (primary N) is 1. The lowest BCUT2D eigenvalue weighted by Crippen LogP contribution is -2.25. The molecule has 1 aromatic carbocycles. The SMILES string of the molecule is CCCNC(=O)CSc1ccc([C@H](C)N)cc1Cl. The molecule has 100 valence electrons. The summed E-state index contributed by atoms with van der Waals surface area (Å²) in [6.45, 7) is 4.66. The van der Waals surface area contributed by atoms with Crippen LogP contribution in [-0.2, 0) is 4.79 Å². The molecule has 0 saturated heterocycles. The van der Waals surface area contributed by atoms with Gasteiger partial charge in [-0.2, -0.15) is 0 Å². The summed E-state index contributed by atoms with van der Waals surface area (Å²) >= 11 is 7.59. The quantitative estimate of drug-likeness (QED) is 0.791. The zero-order valence-electron chi connectivity index (χ0n) is 10.7. The number of halogens is 1. The van der Waals surface area contributed by atoms with Crippen LogP contribution in [0.15, 0.2) is 23.1 Å². The predicted octanol–water partition coefficient (Wildman–Crippen LogP) is 2.98. The van der Waals surface area contributed by atoms with Crippen molar-refractivity contribution in [1.29, 1.82) is 0 Å². The summed E-state index contributed by atoms with van der Waals surface area (Å²) in [7, 11) is 0. The number of benzene rings is 1. The van der Waals surface area contributed by atoms with E-state index in [0.29, 0.717) is 10.8 Å². The van der Waals surface area contributed by atoms with Gasteiger partial charge in [0.1, 0.15) is 0 Å². The largest absolute Gasteiger partial charge is 0.355 e. The van der Waals surface area contributed by atoms with Crippen LogP contribution in [0.25, 0.3) is 0 Å². The Morgan fingerprint density at radius 2 is 2.28 bits per heavy atom. The lowest BCUT2D eigenvalue weighted by Gasteiger charge is -2.09. The maximum Gasteiger partial charge on any atom is 0.230 e. The van der Waals surface area contributed by atoms with Crippen LogP contribution in [0.1, 0.15) is 31.9 Å². The average Bonchev–Trinajstić information content (AvgIpc) is 2.34. The molecule has 1 atom stereocenters. The van der Waals surface area contributed by atoms with Crippen molar-refractivity contribution < 1.29 is 4.79 Å². The second-order valence-corrected chi connectivity index (χ2v) is 5.54. The van der Waals surface area contributed by atoms with Crippen LogP contribution in [0.5, 0.6) is 0 Å². The Morgan fingerprint density at radius 3 is 2.83 bits per heavy atom. The van der Waals surface area contributed by atoms with Gasteiger partial charge in [0.15, 0.2) is 0 Å². The summed E-state index contributed by atoms with van der Waals surface area (Å²) in [6, 6.07) is 5.69. The predicted molar refractivity (Wildman–Crippen MR) is 78.1 cm³/mol. The minimum atomic E-state index is -0.0330. The lowest BCUT2D eigenvalue weighted by molar-refractivity contribution is -0.118. The molecule has 1 rings (SSSR count). The van der Waals surface area contributed by atoms with Crippen LogP contribution < -0.4 is 11.1 Å². The van der Waals surface area contributed by atoms with E-state index in [1.165, 1.54) is 11.8 Å². The van der Waals surface area contributed by atoms with Crippen LogP contribution in [-0.4, -0.2) is 18.2 Å². The van der Waals surface area contributed by atoms with Gasteiger partial charge in [-0.25, -0.2) is 0 Å². The fraction of sp³-hybridized carbons (Fsp3) is 0.462. The van der Waals surface area contributed by atoms with Gasteiger partial charge in [0.2, 0.25) is 5.91 Å². The second-order valence-electron chi connectivity index (χ2n) is 4.12. The van der Waals surface area contributed by atoms with E-state index in [4.69, 9.17) is 17.3 Å². The van der Waals surface area contributed by atoms with Crippen molar-refractivity contribution in [3.63, 3.8) is 0 Å². The topological polar surface area (TPSA) is 55.1 Å². The molecule has 1 amide bonds. The average molecular weight is 287 g/mol. The van der Waals surface area contributed by atoms with Gasteiger partial charge in [-0.15, -0.1) is 11.8 Å². The third-order valence-corrected chi connectivity index (χ3v) is 3.91. The van der Waals surface area contributed by atoms with E-state index in [9.17, 15) is 4.79 Å². The van der Waals surface area contributed by atoms with E-state index in [2.05, 4.69) is 5.32 Å². The molecule has 0 aromatic heterocycles. The molecule has 0 spiro atoms. The van der Waals surface area contributed by atoms with E-state index >= 15 is 0 Å². The standard InChI is InChI=1S/C13H19ClN2OS/c1-3-6-16-13(17)8-18-12-5-4-10(9(2)15)7-11(12)14/h4-5,7,9H,3,6,8,15H2,1-2H3,(H,16,17)/t9-/m0/s1. The van der Waals surface area contributed by atoms with Crippen LogP contribution in [0.4, 0.5) is 0 Å². The Morgan fingerprint density at radius 1 is 1.56 bits per heavy atom. The highest BCUT2D eigenvalue weighted by molar-refractivity contribution is 8.00. The molecule has 0 bridgehead atoms. The first-order chi connectivity index (χ1) is 8.54. The molecule has 3 nitrogen and oxygen atoms in total. The molecule has 0 radical (unpaired) electrons. The van der Waals surface area contributed by atoms with E-state index in [1.807, 2.05) is 32.0 Å². The van der Waals surface area contributed by atoms with Crippen LogP contribution in [0.2, 0.25) is 5.02 Å². The molecule has 0 saturated carbocycles. The van der Waals surface area contributed by atoms with Crippen molar-refractivity contribution in [1.82, 2.24) is 5.32 Å². The van der Waals surface area contributed by atoms with Crippen molar-refractivity contribution in [2.75, 3.05) is 12.3 Å². The van der Waals surface area contributed by atoms with Crippen molar-refractivity contribution in [3.8, 4) is 0 Å². The highest BCUT2D eigenvalue weighted by Crippen LogP contribution is 2.29. The number of hydrogen-bond acceptors (Lipinski definition) is 3. The molecule has 0 fully saturated rings. The Hall–Kier alpha value is -0.710. The van der Waals surface area contributed by atoms with E-state index in [0.717, 1.165) is 23.4 Å². The molecule has 5 heteroatoms. The third-order valence-electron chi connectivity index (χ3n) is 2.41. The summed E-state index contributed by atoms with van der Waals surface area (Å²) in [5.41, 5.74) is 6.78. The van der Waals surface area contributed by atoms with Gasteiger partial charge < -0.3 is 11.1 Å². The summed E-state index contributed by atoms with van der Waals surface area (Å²) in [5, 5.41) is 3.48. The summed E-state index contributed by atoms with van der Waals surface area (Å²) in [5.74, 6) is 0.422. The molecule has 1 aromatic rings. The Balaban J connectivity index is 2.55. The van der Waals surface area contributed by atoms with Crippen LogP contribution in [0.3, 0.4) is 0 Å². The monoisotopic (exact) mass is 286 g/mol. The van der Waals surface area contributed by atoms with Crippen molar-refractivity contribution in [2.45, 2.75) is 31.2 Å². The van der Waals surface area contributed by atoms with Crippen LogP contribution in [0, 0.1) is 0 Å². The van der Waals surface area contributed by atoms with Gasteiger partial charge in [-0.05, 0) is 31.0 Å². The second kappa shape index (κ2) is 7.67. The smallest absolute Gasteiger partial charge is 0.230 e. The van der Waals surface area contributed by atoms with E-state index in [-0.39, 0.29) is 11.9 Å². The number of amides is 1. The van der Waals surface area contributed by atoms with Gasteiger partial charge in [0, 0.05) is 17.5 Å². The maximum absolute atomic E-state index is 11.5. The molecular formula is C13H19ClN2OS.